The highest BCUT2D eigenvalue weighted by Crippen LogP contribution is 2.20. The lowest BCUT2D eigenvalue weighted by Gasteiger charge is -2.24. The van der Waals surface area contributed by atoms with E-state index in [4.69, 9.17) is 10.00 Å². The molecule has 0 bridgehead atoms. The Labute approximate surface area is 204 Å². The second kappa shape index (κ2) is 9.90. The van der Waals surface area contributed by atoms with Crippen molar-refractivity contribution in [2.24, 2.45) is 0 Å². The normalized spacial score (nSPS) is 13.9. The maximum absolute atomic E-state index is 13.1. The van der Waals surface area contributed by atoms with Crippen LogP contribution in [0.15, 0.2) is 73.1 Å². The van der Waals surface area contributed by atoms with Crippen LogP contribution in [0.4, 0.5) is 5.69 Å². The second-order valence-electron chi connectivity index (χ2n) is 8.76. The first kappa shape index (κ1) is 22.5. The van der Waals surface area contributed by atoms with Crippen LogP contribution in [0.25, 0.3) is 5.65 Å². The minimum absolute atomic E-state index is 0.0362. The molecular weight excluding hydrogens is 438 g/mol. The Kier molecular flexibility index (Phi) is 6.36. The van der Waals surface area contributed by atoms with Crippen molar-refractivity contribution in [3.63, 3.8) is 0 Å². The summed E-state index contributed by atoms with van der Waals surface area (Å²) in [6, 6.07) is 21.2. The second-order valence-corrected chi connectivity index (χ2v) is 8.76. The Morgan fingerprint density at radius 1 is 1.03 bits per heavy atom. The predicted octanol–water partition coefficient (Wildman–Crippen LogP) is 4.45. The van der Waals surface area contributed by atoms with E-state index in [1.807, 2.05) is 89.3 Å². The molecule has 0 spiro atoms. The maximum Gasteiger partial charge on any atom is 0.253 e. The standard InChI is InChI=1S/C28H27N5O2/c1-21-4-2-13-33-19-24(30-27(21)33)20-35-26-11-7-23(8-12-26)28(34)32-15-3-14-31(16-17-32)25-9-5-22(18-29)6-10-25/h2,4-13,19H,3,14-17,20H2,1H3. The van der Waals surface area contributed by atoms with E-state index in [9.17, 15) is 4.79 Å². The van der Waals surface area contributed by atoms with E-state index in [0.717, 1.165) is 48.6 Å². The highest BCUT2D eigenvalue weighted by molar-refractivity contribution is 5.94. The van der Waals surface area contributed by atoms with E-state index in [1.54, 1.807) is 0 Å². The molecule has 4 aromatic rings. The van der Waals surface area contributed by atoms with Crippen LogP contribution in [-0.4, -0.2) is 46.4 Å². The number of nitrogens with zero attached hydrogens (tertiary/aromatic N) is 5. The molecule has 1 saturated heterocycles. The number of anilines is 1. The highest BCUT2D eigenvalue weighted by atomic mass is 16.5. The molecule has 176 valence electrons. The third-order valence-electron chi connectivity index (χ3n) is 6.36. The first-order valence-electron chi connectivity index (χ1n) is 11.8. The minimum atomic E-state index is 0.0362. The number of ether oxygens (including phenoxy) is 1. The highest BCUT2D eigenvalue weighted by Gasteiger charge is 2.20. The fourth-order valence-corrected chi connectivity index (χ4v) is 4.43. The number of imidazole rings is 1. The summed E-state index contributed by atoms with van der Waals surface area (Å²) >= 11 is 0. The van der Waals surface area contributed by atoms with Crippen LogP contribution in [-0.2, 0) is 6.61 Å². The number of carbonyl (C=O) groups is 1. The minimum Gasteiger partial charge on any atom is -0.487 e. The molecule has 1 aliphatic rings. The maximum atomic E-state index is 13.1. The van der Waals surface area contributed by atoms with E-state index in [2.05, 4.69) is 16.0 Å². The molecule has 7 nitrogen and oxygen atoms in total. The fourth-order valence-electron chi connectivity index (χ4n) is 4.43. The number of hydrogen-bond donors (Lipinski definition) is 0. The number of hydrogen-bond acceptors (Lipinski definition) is 5. The van der Waals surface area contributed by atoms with Crippen molar-refractivity contribution in [2.75, 3.05) is 31.1 Å². The van der Waals surface area contributed by atoms with E-state index >= 15 is 0 Å². The summed E-state index contributed by atoms with van der Waals surface area (Å²) in [4.78, 5) is 21.9. The largest absolute Gasteiger partial charge is 0.487 e. The van der Waals surface area contributed by atoms with Crippen molar-refractivity contribution in [1.29, 1.82) is 5.26 Å². The first-order valence-corrected chi connectivity index (χ1v) is 11.8. The number of carbonyl (C=O) groups excluding carboxylic acids is 1. The van der Waals surface area contributed by atoms with Crippen LogP contribution in [0, 0.1) is 18.3 Å². The van der Waals surface area contributed by atoms with Gasteiger partial charge in [-0.1, -0.05) is 6.07 Å². The lowest BCUT2D eigenvalue weighted by Crippen LogP contribution is -2.35. The number of fused-ring (bicyclic) bond motifs is 1. The summed E-state index contributed by atoms with van der Waals surface area (Å²) in [6.07, 6.45) is 4.85. The van der Waals surface area contributed by atoms with Crippen LogP contribution in [0.5, 0.6) is 5.75 Å². The summed E-state index contributed by atoms with van der Waals surface area (Å²) in [5, 5.41) is 9.00. The van der Waals surface area contributed by atoms with Crippen molar-refractivity contribution >= 4 is 17.2 Å². The molecule has 2 aromatic heterocycles. The average molecular weight is 466 g/mol. The van der Waals surface area contributed by atoms with Gasteiger partial charge in [0, 0.05) is 49.8 Å². The topological polar surface area (TPSA) is 73.9 Å². The summed E-state index contributed by atoms with van der Waals surface area (Å²) < 4.78 is 7.91. The van der Waals surface area contributed by atoms with E-state index < -0.39 is 0 Å². The summed E-state index contributed by atoms with van der Waals surface area (Å²) in [6.45, 7) is 5.42. The molecule has 0 N–H and O–H groups in total. The SMILES string of the molecule is Cc1cccn2cc(COc3ccc(C(=O)N4CCCN(c5ccc(C#N)cc5)CC4)cc3)nc12. The lowest BCUT2D eigenvalue weighted by molar-refractivity contribution is 0.0767. The van der Waals surface area contributed by atoms with Crippen molar-refractivity contribution in [2.45, 2.75) is 20.0 Å². The van der Waals surface area contributed by atoms with Crippen molar-refractivity contribution in [1.82, 2.24) is 14.3 Å². The average Bonchev–Trinajstić information content (AvgIpc) is 3.17. The van der Waals surface area contributed by atoms with Gasteiger partial charge in [0.1, 0.15) is 18.0 Å². The van der Waals surface area contributed by atoms with Crippen LogP contribution in [0.2, 0.25) is 0 Å². The molecule has 2 aromatic carbocycles. The molecular formula is C28H27N5O2. The summed E-state index contributed by atoms with van der Waals surface area (Å²) in [7, 11) is 0. The van der Waals surface area contributed by atoms with E-state index in [0.29, 0.717) is 30.0 Å². The van der Waals surface area contributed by atoms with E-state index in [-0.39, 0.29) is 5.91 Å². The number of rotatable bonds is 5. The number of nitriles is 1. The fraction of sp³-hybridized carbons (Fsp3) is 0.250. The number of amides is 1. The monoisotopic (exact) mass is 465 g/mol. The van der Waals surface area contributed by atoms with Crippen LogP contribution in [0.3, 0.4) is 0 Å². The molecule has 5 rings (SSSR count). The van der Waals surface area contributed by atoms with Gasteiger partial charge in [-0.2, -0.15) is 5.26 Å². The Hall–Kier alpha value is -4.31. The van der Waals surface area contributed by atoms with Gasteiger partial charge in [0.15, 0.2) is 0 Å². The van der Waals surface area contributed by atoms with Gasteiger partial charge in [-0.3, -0.25) is 4.79 Å². The molecule has 0 saturated carbocycles. The van der Waals surface area contributed by atoms with Gasteiger partial charge in [0.05, 0.1) is 17.3 Å². The summed E-state index contributed by atoms with van der Waals surface area (Å²) in [5.41, 5.74) is 5.31. The Morgan fingerprint density at radius 3 is 2.57 bits per heavy atom. The Morgan fingerprint density at radius 2 is 1.83 bits per heavy atom. The number of pyridine rings is 1. The third-order valence-corrected chi connectivity index (χ3v) is 6.36. The van der Waals surface area contributed by atoms with Gasteiger partial charge >= 0.3 is 0 Å². The smallest absolute Gasteiger partial charge is 0.253 e. The molecule has 1 aliphatic heterocycles. The molecule has 0 aliphatic carbocycles. The molecule has 1 fully saturated rings. The number of aryl methyl sites for hydroxylation is 1. The molecule has 3 heterocycles. The zero-order chi connectivity index (χ0) is 24.2. The third kappa shape index (κ3) is 4.97. The predicted molar refractivity (Wildman–Crippen MR) is 135 cm³/mol. The van der Waals surface area contributed by atoms with Gasteiger partial charge in [-0.15, -0.1) is 0 Å². The molecule has 0 radical (unpaired) electrons. The quantitative estimate of drug-likeness (QED) is 0.436. The molecule has 0 atom stereocenters. The first-order chi connectivity index (χ1) is 17.1. The molecule has 35 heavy (non-hydrogen) atoms. The summed E-state index contributed by atoms with van der Waals surface area (Å²) in [5.74, 6) is 0.743. The van der Waals surface area contributed by atoms with Gasteiger partial charge in [0.25, 0.3) is 5.91 Å². The lowest BCUT2D eigenvalue weighted by atomic mass is 10.2. The van der Waals surface area contributed by atoms with Crippen molar-refractivity contribution in [3.05, 3.63) is 95.4 Å². The Bertz CT molecular complexity index is 1370. The van der Waals surface area contributed by atoms with Crippen LogP contribution in [0.1, 0.15) is 33.6 Å². The Balaban J connectivity index is 1.18. The van der Waals surface area contributed by atoms with Crippen LogP contribution < -0.4 is 9.64 Å². The van der Waals surface area contributed by atoms with Crippen LogP contribution >= 0.6 is 0 Å². The molecule has 7 heteroatoms. The van der Waals surface area contributed by atoms with Gasteiger partial charge in [-0.25, -0.2) is 4.98 Å². The number of aromatic nitrogens is 2. The van der Waals surface area contributed by atoms with Crippen molar-refractivity contribution in [3.8, 4) is 11.8 Å². The van der Waals surface area contributed by atoms with Gasteiger partial charge in [0.2, 0.25) is 0 Å². The van der Waals surface area contributed by atoms with E-state index in [1.165, 1.54) is 0 Å². The number of benzene rings is 2. The molecule has 1 amide bonds. The van der Waals surface area contributed by atoms with Gasteiger partial charge in [-0.05, 0) is 73.5 Å². The van der Waals surface area contributed by atoms with Crippen molar-refractivity contribution < 1.29 is 9.53 Å². The molecule has 0 unspecified atom stereocenters. The zero-order valence-electron chi connectivity index (χ0n) is 19.7. The van der Waals surface area contributed by atoms with Gasteiger partial charge < -0.3 is 18.9 Å². The zero-order valence-corrected chi connectivity index (χ0v) is 19.7.